The first-order valence-corrected chi connectivity index (χ1v) is 12.4. The maximum Gasteiger partial charge on any atom is 0.226 e. The van der Waals surface area contributed by atoms with Crippen LogP contribution in [0.5, 0.6) is 0 Å². The summed E-state index contributed by atoms with van der Waals surface area (Å²) in [6, 6.07) is 14.3. The second-order valence-electron chi connectivity index (χ2n) is 9.61. The molecule has 0 spiro atoms. The van der Waals surface area contributed by atoms with Gasteiger partial charge in [0.25, 0.3) is 0 Å². The molecule has 2 atom stereocenters. The van der Waals surface area contributed by atoms with Crippen molar-refractivity contribution in [3.05, 3.63) is 59.4 Å². The molecule has 172 valence electrons. The predicted octanol–water partition coefficient (Wildman–Crippen LogP) is 4.26. The van der Waals surface area contributed by atoms with Gasteiger partial charge in [0, 0.05) is 42.3 Å². The molecule has 3 aliphatic rings. The molecule has 0 N–H and O–H groups in total. The molecule has 6 nitrogen and oxygen atoms in total. The Bertz CT molecular complexity index is 1140. The molecule has 7 heteroatoms. The smallest absolute Gasteiger partial charge is 0.226 e. The van der Waals surface area contributed by atoms with E-state index in [-0.39, 0.29) is 18.0 Å². The SMILES string of the molecule is O=C(C1CCCC1)N1C2COCC1CN(Cc1c(-c3ccc(Cl)cc3)nc3ccccn13)C2. The van der Waals surface area contributed by atoms with E-state index in [0.717, 1.165) is 54.4 Å². The second kappa shape index (κ2) is 8.75. The van der Waals surface area contributed by atoms with Crippen LogP contribution < -0.4 is 0 Å². The number of benzene rings is 1. The first kappa shape index (κ1) is 21.1. The summed E-state index contributed by atoms with van der Waals surface area (Å²) in [5.41, 5.74) is 4.17. The number of fused-ring (bicyclic) bond motifs is 3. The van der Waals surface area contributed by atoms with Crippen molar-refractivity contribution in [3.63, 3.8) is 0 Å². The van der Waals surface area contributed by atoms with Gasteiger partial charge in [-0.05, 0) is 37.1 Å². The Morgan fingerprint density at radius 1 is 1.03 bits per heavy atom. The molecule has 1 aliphatic carbocycles. The number of halogens is 1. The second-order valence-corrected chi connectivity index (χ2v) is 10.0. The number of imidazole rings is 1. The molecule has 3 aromatic rings. The van der Waals surface area contributed by atoms with Crippen LogP contribution in [-0.4, -0.2) is 63.5 Å². The Hall–Kier alpha value is -2.41. The van der Waals surface area contributed by atoms with Gasteiger partial charge < -0.3 is 14.0 Å². The zero-order chi connectivity index (χ0) is 22.4. The molecule has 2 aromatic heterocycles. The lowest BCUT2D eigenvalue weighted by atomic mass is 9.98. The quantitative estimate of drug-likeness (QED) is 0.579. The summed E-state index contributed by atoms with van der Waals surface area (Å²) >= 11 is 6.14. The van der Waals surface area contributed by atoms with E-state index in [1.54, 1.807) is 0 Å². The number of aromatic nitrogens is 2. The van der Waals surface area contributed by atoms with Crippen molar-refractivity contribution in [3.8, 4) is 11.3 Å². The summed E-state index contributed by atoms with van der Waals surface area (Å²) < 4.78 is 8.07. The molecular formula is C26H29ClN4O2. The van der Waals surface area contributed by atoms with Gasteiger partial charge in [0.15, 0.2) is 0 Å². The average molecular weight is 465 g/mol. The van der Waals surface area contributed by atoms with E-state index in [9.17, 15) is 4.79 Å². The molecule has 1 aromatic carbocycles. The van der Waals surface area contributed by atoms with Crippen LogP contribution in [0.1, 0.15) is 31.4 Å². The van der Waals surface area contributed by atoms with Gasteiger partial charge in [0.05, 0.1) is 36.7 Å². The number of morpholine rings is 1. The fourth-order valence-electron chi connectivity index (χ4n) is 5.87. The standard InChI is InChI=1S/C26H29ClN4O2/c27-20-10-8-18(9-11-20)25-23(30-12-4-3-7-24(30)28-25)15-29-13-21-16-33-17-22(14-29)31(21)26(32)19-5-1-2-6-19/h3-4,7-12,19,21-22H,1-2,5-6,13-17H2. The van der Waals surface area contributed by atoms with Gasteiger partial charge in [-0.3, -0.25) is 9.69 Å². The van der Waals surface area contributed by atoms with Gasteiger partial charge >= 0.3 is 0 Å². The lowest BCUT2D eigenvalue weighted by molar-refractivity contribution is -0.159. The van der Waals surface area contributed by atoms with Gasteiger partial charge in [-0.2, -0.15) is 0 Å². The molecule has 6 rings (SSSR count). The van der Waals surface area contributed by atoms with Crippen molar-refractivity contribution in [2.24, 2.45) is 5.92 Å². The van der Waals surface area contributed by atoms with Gasteiger partial charge in [0.2, 0.25) is 5.91 Å². The number of carbonyl (C=O) groups is 1. The predicted molar refractivity (Wildman–Crippen MR) is 128 cm³/mol. The molecule has 3 fully saturated rings. The molecule has 2 unspecified atom stereocenters. The number of hydrogen-bond donors (Lipinski definition) is 0. The Kier molecular flexibility index (Phi) is 5.60. The number of hydrogen-bond acceptors (Lipinski definition) is 4. The van der Waals surface area contributed by atoms with Crippen molar-refractivity contribution < 1.29 is 9.53 Å². The van der Waals surface area contributed by atoms with E-state index in [1.165, 1.54) is 18.5 Å². The van der Waals surface area contributed by atoms with Crippen LogP contribution >= 0.6 is 11.6 Å². The molecule has 2 saturated heterocycles. The number of pyridine rings is 1. The van der Waals surface area contributed by atoms with Crippen molar-refractivity contribution >= 4 is 23.2 Å². The van der Waals surface area contributed by atoms with E-state index >= 15 is 0 Å². The van der Waals surface area contributed by atoms with E-state index in [2.05, 4.69) is 20.4 Å². The molecule has 4 heterocycles. The van der Waals surface area contributed by atoms with Crippen molar-refractivity contribution in [1.29, 1.82) is 0 Å². The summed E-state index contributed by atoms with van der Waals surface area (Å²) in [6.45, 7) is 3.69. The lowest BCUT2D eigenvalue weighted by Gasteiger charge is -2.50. The highest BCUT2D eigenvalue weighted by atomic mass is 35.5. The van der Waals surface area contributed by atoms with Crippen LogP contribution in [0.15, 0.2) is 48.7 Å². The van der Waals surface area contributed by atoms with E-state index in [0.29, 0.717) is 19.1 Å². The number of carbonyl (C=O) groups excluding carboxylic acids is 1. The van der Waals surface area contributed by atoms with Crippen molar-refractivity contribution in [1.82, 2.24) is 19.2 Å². The molecule has 2 bridgehead atoms. The van der Waals surface area contributed by atoms with Gasteiger partial charge in [-0.1, -0.05) is 42.6 Å². The van der Waals surface area contributed by atoms with E-state index in [4.69, 9.17) is 21.3 Å². The zero-order valence-electron chi connectivity index (χ0n) is 18.7. The Morgan fingerprint density at radius 2 is 1.76 bits per heavy atom. The maximum atomic E-state index is 13.3. The van der Waals surface area contributed by atoms with Gasteiger partial charge in [0.1, 0.15) is 5.65 Å². The van der Waals surface area contributed by atoms with Crippen LogP contribution in [-0.2, 0) is 16.1 Å². The minimum Gasteiger partial charge on any atom is -0.377 e. The van der Waals surface area contributed by atoms with Crippen LogP contribution in [0.3, 0.4) is 0 Å². The number of rotatable bonds is 4. The first-order valence-electron chi connectivity index (χ1n) is 12.0. The third-order valence-electron chi connectivity index (χ3n) is 7.42. The fraction of sp³-hybridized carbons (Fsp3) is 0.462. The largest absolute Gasteiger partial charge is 0.377 e. The molecule has 33 heavy (non-hydrogen) atoms. The molecule has 2 aliphatic heterocycles. The van der Waals surface area contributed by atoms with E-state index in [1.807, 2.05) is 42.5 Å². The summed E-state index contributed by atoms with van der Waals surface area (Å²) in [7, 11) is 0. The first-order chi connectivity index (χ1) is 16.2. The van der Waals surface area contributed by atoms with Crippen LogP contribution in [0, 0.1) is 5.92 Å². The maximum absolute atomic E-state index is 13.3. The normalized spacial score (nSPS) is 24.0. The Balaban J connectivity index is 1.29. The summed E-state index contributed by atoms with van der Waals surface area (Å²) in [4.78, 5) is 22.9. The fourth-order valence-corrected chi connectivity index (χ4v) is 6.00. The zero-order valence-corrected chi connectivity index (χ0v) is 19.5. The summed E-state index contributed by atoms with van der Waals surface area (Å²) in [5.74, 6) is 0.581. The minimum atomic E-state index is 0.128. The summed E-state index contributed by atoms with van der Waals surface area (Å²) in [6.07, 6.45) is 6.55. The number of ether oxygens (including phenoxy) is 1. The molecular weight excluding hydrogens is 436 g/mol. The third-order valence-corrected chi connectivity index (χ3v) is 7.68. The minimum absolute atomic E-state index is 0.128. The monoisotopic (exact) mass is 464 g/mol. The highest BCUT2D eigenvalue weighted by Gasteiger charge is 2.43. The highest BCUT2D eigenvalue weighted by Crippen LogP contribution is 2.33. The van der Waals surface area contributed by atoms with Crippen LogP contribution in [0.25, 0.3) is 16.9 Å². The number of piperazine rings is 1. The number of amides is 1. The molecule has 0 radical (unpaired) electrons. The molecule has 1 saturated carbocycles. The van der Waals surface area contributed by atoms with Gasteiger partial charge in [-0.25, -0.2) is 4.98 Å². The Morgan fingerprint density at radius 3 is 2.48 bits per heavy atom. The molecule has 1 amide bonds. The highest BCUT2D eigenvalue weighted by molar-refractivity contribution is 6.30. The van der Waals surface area contributed by atoms with Crippen molar-refractivity contribution in [2.45, 2.75) is 44.3 Å². The summed E-state index contributed by atoms with van der Waals surface area (Å²) in [5, 5.41) is 0.722. The number of nitrogens with zero attached hydrogens (tertiary/aromatic N) is 4. The average Bonchev–Trinajstić information content (AvgIpc) is 3.48. The Labute approximate surface area is 199 Å². The van der Waals surface area contributed by atoms with E-state index < -0.39 is 0 Å². The van der Waals surface area contributed by atoms with Crippen LogP contribution in [0.4, 0.5) is 0 Å². The van der Waals surface area contributed by atoms with Gasteiger partial charge in [-0.15, -0.1) is 0 Å². The topological polar surface area (TPSA) is 50.1 Å². The lowest BCUT2D eigenvalue weighted by Crippen LogP contribution is -2.66. The van der Waals surface area contributed by atoms with Crippen LogP contribution in [0.2, 0.25) is 5.02 Å². The van der Waals surface area contributed by atoms with Crippen molar-refractivity contribution in [2.75, 3.05) is 26.3 Å². The third kappa shape index (κ3) is 3.94.